The number of sulfone groups is 1. The number of ether oxygens (including phenoxy) is 1. The normalized spacial score (nSPS) is 27.2. The van der Waals surface area contributed by atoms with Crippen molar-refractivity contribution in [3.8, 4) is 0 Å². The highest BCUT2D eigenvalue weighted by molar-refractivity contribution is 7.91. The van der Waals surface area contributed by atoms with E-state index in [1.807, 2.05) is 7.05 Å². The molecule has 0 aromatic rings. The highest BCUT2D eigenvalue weighted by atomic mass is 32.2. The van der Waals surface area contributed by atoms with Crippen LogP contribution in [0.4, 0.5) is 0 Å². The van der Waals surface area contributed by atoms with Crippen LogP contribution >= 0.6 is 0 Å². The molecule has 0 aromatic carbocycles. The summed E-state index contributed by atoms with van der Waals surface area (Å²) in [6.07, 6.45) is 1.55. The Labute approximate surface area is 104 Å². The number of hydrogen-bond donors (Lipinski definition) is 1. The first-order valence-electron chi connectivity index (χ1n) is 6.03. The third kappa shape index (κ3) is 3.19. The van der Waals surface area contributed by atoms with Crippen LogP contribution in [-0.4, -0.2) is 63.7 Å². The Morgan fingerprint density at radius 3 is 2.53 bits per heavy atom. The molecule has 0 bridgehead atoms. The third-order valence-electron chi connectivity index (χ3n) is 3.96. The minimum atomic E-state index is -2.86. The fraction of sp³-hybridized carbons (Fsp3) is 1.00. The summed E-state index contributed by atoms with van der Waals surface area (Å²) >= 11 is 0. The van der Waals surface area contributed by atoms with E-state index in [-0.39, 0.29) is 17.3 Å². The average Bonchev–Trinajstić information content (AvgIpc) is 2.66. The molecule has 0 amide bonds. The summed E-state index contributed by atoms with van der Waals surface area (Å²) in [6.45, 7) is 3.07. The Balaban J connectivity index is 2.82. The maximum atomic E-state index is 11.5. The van der Waals surface area contributed by atoms with Gasteiger partial charge in [0, 0.05) is 19.7 Å². The molecule has 6 heteroatoms. The summed E-state index contributed by atoms with van der Waals surface area (Å²) in [4.78, 5) is 2.11. The van der Waals surface area contributed by atoms with Gasteiger partial charge in [-0.25, -0.2) is 8.42 Å². The standard InChI is InChI=1S/C11H24N2O3S/c1-4-11(8-12,9-16-3)13(2)10-5-6-17(14,15)7-10/h10H,4-9,12H2,1-3H3. The Hall–Kier alpha value is -0.170. The molecule has 17 heavy (non-hydrogen) atoms. The van der Waals surface area contributed by atoms with E-state index in [9.17, 15) is 8.42 Å². The van der Waals surface area contributed by atoms with Gasteiger partial charge in [0.15, 0.2) is 9.84 Å². The summed E-state index contributed by atoms with van der Waals surface area (Å²) in [7, 11) is 0.756. The number of hydrogen-bond acceptors (Lipinski definition) is 5. The van der Waals surface area contributed by atoms with E-state index in [1.165, 1.54) is 0 Å². The van der Waals surface area contributed by atoms with Crippen LogP contribution < -0.4 is 5.73 Å². The quantitative estimate of drug-likeness (QED) is 0.723. The van der Waals surface area contributed by atoms with E-state index < -0.39 is 9.84 Å². The Morgan fingerprint density at radius 1 is 1.53 bits per heavy atom. The van der Waals surface area contributed by atoms with E-state index in [1.54, 1.807) is 7.11 Å². The average molecular weight is 264 g/mol. The van der Waals surface area contributed by atoms with Gasteiger partial charge >= 0.3 is 0 Å². The zero-order chi connectivity index (χ0) is 13.1. The number of rotatable bonds is 6. The first-order chi connectivity index (χ1) is 7.90. The lowest BCUT2D eigenvalue weighted by atomic mass is 9.93. The van der Waals surface area contributed by atoms with E-state index in [0.29, 0.717) is 25.3 Å². The zero-order valence-electron chi connectivity index (χ0n) is 11.0. The van der Waals surface area contributed by atoms with Gasteiger partial charge in [-0.15, -0.1) is 0 Å². The molecule has 5 nitrogen and oxygen atoms in total. The van der Waals surface area contributed by atoms with Crippen LogP contribution in [0.5, 0.6) is 0 Å². The van der Waals surface area contributed by atoms with Gasteiger partial charge in [-0.1, -0.05) is 6.92 Å². The van der Waals surface area contributed by atoms with Crippen molar-refractivity contribution in [2.75, 3.05) is 38.8 Å². The molecular weight excluding hydrogens is 240 g/mol. The maximum absolute atomic E-state index is 11.5. The van der Waals surface area contributed by atoms with Crippen LogP contribution in [0.1, 0.15) is 19.8 Å². The molecule has 1 aliphatic rings. The lowest BCUT2D eigenvalue weighted by Gasteiger charge is -2.43. The van der Waals surface area contributed by atoms with Crippen molar-refractivity contribution in [2.24, 2.45) is 5.73 Å². The van der Waals surface area contributed by atoms with Crippen molar-refractivity contribution in [2.45, 2.75) is 31.3 Å². The van der Waals surface area contributed by atoms with Crippen molar-refractivity contribution in [3.05, 3.63) is 0 Å². The molecular formula is C11H24N2O3S. The van der Waals surface area contributed by atoms with Crippen LogP contribution in [0.3, 0.4) is 0 Å². The zero-order valence-corrected chi connectivity index (χ0v) is 11.8. The molecule has 0 radical (unpaired) electrons. The minimum Gasteiger partial charge on any atom is -0.383 e. The van der Waals surface area contributed by atoms with Gasteiger partial charge in [0.2, 0.25) is 0 Å². The molecule has 0 saturated carbocycles. The van der Waals surface area contributed by atoms with Crippen LogP contribution in [0.15, 0.2) is 0 Å². The Kier molecular flexibility index (Phi) is 4.95. The maximum Gasteiger partial charge on any atom is 0.151 e. The predicted octanol–water partition coefficient (Wildman–Crippen LogP) is -0.141. The Bertz CT molecular complexity index is 339. The summed E-state index contributed by atoms with van der Waals surface area (Å²) < 4.78 is 28.3. The molecule has 2 N–H and O–H groups in total. The molecule has 1 saturated heterocycles. The molecule has 0 aliphatic carbocycles. The van der Waals surface area contributed by atoms with E-state index in [4.69, 9.17) is 10.5 Å². The smallest absolute Gasteiger partial charge is 0.151 e. The second-order valence-electron chi connectivity index (χ2n) is 4.88. The molecule has 1 rings (SSSR count). The number of methoxy groups -OCH3 is 1. The monoisotopic (exact) mass is 264 g/mol. The molecule has 1 aliphatic heterocycles. The van der Waals surface area contributed by atoms with Crippen molar-refractivity contribution in [3.63, 3.8) is 0 Å². The predicted molar refractivity (Wildman–Crippen MR) is 68.8 cm³/mol. The SMILES string of the molecule is CCC(CN)(COC)N(C)C1CCS(=O)(=O)C1. The summed E-state index contributed by atoms with van der Waals surface area (Å²) in [5.74, 6) is 0.536. The van der Waals surface area contributed by atoms with Crippen molar-refractivity contribution in [1.82, 2.24) is 4.90 Å². The van der Waals surface area contributed by atoms with Crippen LogP contribution in [-0.2, 0) is 14.6 Å². The lowest BCUT2D eigenvalue weighted by Crippen LogP contribution is -2.58. The summed E-state index contributed by atoms with van der Waals surface area (Å²) in [5, 5.41) is 0. The van der Waals surface area contributed by atoms with Gasteiger partial charge in [0.1, 0.15) is 0 Å². The molecule has 1 fully saturated rings. The van der Waals surface area contributed by atoms with Gasteiger partial charge in [0.05, 0.1) is 23.7 Å². The second-order valence-corrected chi connectivity index (χ2v) is 7.11. The summed E-state index contributed by atoms with van der Waals surface area (Å²) in [5.41, 5.74) is 5.62. The first kappa shape index (κ1) is 14.9. The number of nitrogens with two attached hydrogens (primary N) is 1. The molecule has 0 aromatic heterocycles. The highest BCUT2D eigenvalue weighted by Crippen LogP contribution is 2.26. The largest absolute Gasteiger partial charge is 0.383 e. The van der Waals surface area contributed by atoms with Crippen molar-refractivity contribution < 1.29 is 13.2 Å². The fourth-order valence-corrected chi connectivity index (χ4v) is 4.31. The van der Waals surface area contributed by atoms with Crippen molar-refractivity contribution in [1.29, 1.82) is 0 Å². The summed E-state index contributed by atoms with van der Waals surface area (Å²) in [6, 6.07) is 0.0682. The van der Waals surface area contributed by atoms with Gasteiger partial charge < -0.3 is 10.5 Å². The van der Waals surface area contributed by atoms with Crippen LogP contribution in [0, 0.1) is 0 Å². The first-order valence-corrected chi connectivity index (χ1v) is 7.85. The van der Waals surface area contributed by atoms with Gasteiger partial charge in [-0.2, -0.15) is 0 Å². The van der Waals surface area contributed by atoms with Gasteiger partial charge in [0.25, 0.3) is 0 Å². The van der Waals surface area contributed by atoms with Crippen molar-refractivity contribution >= 4 is 9.84 Å². The third-order valence-corrected chi connectivity index (χ3v) is 5.71. The minimum absolute atomic E-state index is 0.0682. The van der Waals surface area contributed by atoms with Crippen LogP contribution in [0.2, 0.25) is 0 Å². The molecule has 102 valence electrons. The van der Waals surface area contributed by atoms with E-state index >= 15 is 0 Å². The lowest BCUT2D eigenvalue weighted by molar-refractivity contribution is 0.00850. The molecule has 0 spiro atoms. The number of likely N-dealkylation sites (N-methyl/N-ethyl adjacent to an activating group) is 1. The molecule has 2 atom stereocenters. The number of nitrogens with zero attached hydrogens (tertiary/aromatic N) is 1. The molecule has 1 heterocycles. The second kappa shape index (κ2) is 5.65. The van der Waals surface area contributed by atoms with Gasteiger partial charge in [-0.3, -0.25) is 4.90 Å². The van der Waals surface area contributed by atoms with E-state index in [0.717, 1.165) is 6.42 Å². The fourth-order valence-electron chi connectivity index (χ4n) is 2.54. The van der Waals surface area contributed by atoms with E-state index in [2.05, 4.69) is 11.8 Å². The Morgan fingerprint density at radius 2 is 2.18 bits per heavy atom. The van der Waals surface area contributed by atoms with Crippen LogP contribution in [0.25, 0.3) is 0 Å². The highest BCUT2D eigenvalue weighted by Gasteiger charge is 2.40. The topological polar surface area (TPSA) is 72.6 Å². The molecule has 2 unspecified atom stereocenters. The van der Waals surface area contributed by atoms with Gasteiger partial charge in [-0.05, 0) is 19.9 Å².